The van der Waals surface area contributed by atoms with Crippen LogP contribution in [0.3, 0.4) is 0 Å². The van der Waals surface area contributed by atoms with Crippen LogP contribution < -0.4 is 11.1 Å². The zero-order valence-corrected chi connectivity index (χ0v) is 11.0. The molecule has 1 aromatic carbocycles. The van der Waals surface area contributed by atoms with Gasteiger partial charge in [0.25, 0.3) is 0 Å². The summed E-state index contributed by atoms with van der Waals surface area (Å²) in [5.74, 6) is 0.594. The van der Waals surface area contributed by atoms with E-state index < -0.39 is 0 Å². The van der Waals surface area contributed by atoms with Gasteiger partial charge < -0.3 is 11.1 Å². The van der Waals surface area contributed by atoms with Crippen LogP contribution in [0.5, 0.6) is 0 Å². The number of nitrogens with one attached hydrogen (secondary N) is 1. The van der Waals surface area contributed by atoms with E-state index in [-0.39, 0.29) is 0 Å². The van der Waals surface area contributed by atoms with Crippen LogP contribution in [0, 0.1) is 5.92 Å². The van der Waals surface area contributed by atoms with E-state index in [4.69, 9.17) is 28.9 Å². The highest BCUT2D eigenvalue weighted by Crippen LogP contribution is 2.20. The molecule has 1 atom stereocenters. The molecule has 1 unspecified atom stereocenters. The minimum Gasteiger partial charge on any atom is -0.330 e. The summed E-state index contributed by atoms with van der Waals surface area (Å²) in [4.78, 5) is 0. The van der Waals surface area contributed by atoms with Crippen LogP contribution in [-0.4, -0.2) is 13.1 Å². The van der Waals surface area contributed by atoms with Crippen molar-refractivity contribution in [3.8, 4) is 0 Å². The van der Waals surface area contributed by atoms with Crippen LogP contribution >= 0.6 is 23.2 Å². The summed E-state index contributed by atoms with van der Waals surface area (Å²) in [6.07, 6.45) is 1.04. The first kappa shape index (κ1) is 13.8. The zero-order valence-electron chi connectivity index (χ0n) is 9.47. The fourth-order valence-electron chi connectivity index (χ4n) is 1.50. The third-order valence-electron chi connectivity index (χ3n) is 2.48. The minimum atomic E-state index is 0.594. The van der Waals surface area contributed by atoms with Crippen molar-refractivity contribution >= 4 is 23.2 Å². The largest absolute Gasteiger partial charge is 0.330 e. The van der Waals surface area contributed by atoms with Crippen molar-refractivity contribution < 1.29 is 0 Å². The van der Waals surface area contributed by atoms with Crippen LogP contribution in [0.4, 0.5) is 0 Å². The van der Waals surface area contributed by atoms with Gasteiger partial charge in [0.1, 0.15) is 0 Å². The van der Waals surface area contributed by atoms with Gasteiger partial charge in [0, 0.05) is 16.6 Å². The third kappa shape index (κ3) is 4.71. The van der Waals surface area contributed by atoms with Crippen molar-refractivity contribution in [2.24, 2.45) is 11.7 Å². The van der Waals surface area contributed by atoms with Crippen LogP contribution in [0.2, 0.25) is 10.0 Å². The maximum atomic E-state index is 6.06. The first-order valence-corrected chi connectivity index (χ1v) is 6.23. The van der Waals surface area contributed by atoms with Gasteiger partial charge in [0.2, 0.25) is 0 Å². The number of halogens is 2. The van der Waals surface area contributed by atoms with Crippen molar-refractivity contribution in [2.45, 2.75) is 19.9 Å². The molecule has 0 amide bonds. The van der Waals surface area contributed by atoms with Gasteiger partial charge >= 0.3 is 0 Å². The van der Waals surface area contributed by atoms with E-state index in [1.807, 2.05) is 12.1 Å². The molecule has 0 bridgehead atoms. The highest BCUT2D eigenvalue weighted by Gasteiger charge is 2.03. The normalized spacial score (nSPS) is 12.8. The Labute approximate surface area is 107 Å². The van der Waals surface area contributed by atoms with Crippen molar-refractivity contribution in [1.82, 2.24) is 5.32 Å². The molecular weight excluding hydrogens is 243 g/mol. The van der Waals surface area contributed by atoms with E-state index in [0.29, 0.717) is 16.0 Å². The second-order valence-electron chi connectivity index (χ2n) is 4.05. The summed E-state index contributed by atoms with van der Waals surface area (Å²) >= 11 is 11.9. The van der Waals surface area contributed by atoms with E-state index in [2.05, 4.69) is 12.2 Å². The second kappa shape index (κ2) is 7.13. The van der Waals surface area contributed by atoms with Crippen LogP contribution in [0.1, 0.15) is 18.9 Å². The lowest BCUT2D eigenvalue weighted by atomic mass is 10.1. The number of benzene rings is 1. The monoisotopic (exact) mass is 260 g/mol. The molecule has 0 fully saturated rings. The van der Waals surface area contributed by atoms with Crippen molar-refractivity contribution in [3.05, 3.63) is 33.8 Å². The highest BCUT2D eigenvalue weighted by atomic mass is 35.5. The average molecular weight is 261 g/mol. The molecule has 0 aliphatic heterocycles. The van der Waals surface area contributed by atoms with E-state index in [0.717, 1.165) is 31.6 Å². The summed E-state index contributed by atoms with van der Waals surface area (Å²) in [6.45, 7) is 4.65. The topological polar surface area (TPSA) is 38.0 Å². The number of hydrogen-bond donors (Lipinski definition) is 2. The molecule has 1 rings (SSSR count). The quantitative estimate of drug-likeness (QED) is 0.825. The van der Waals surface area contributed by atoms with E-state index in [1.165, 1.54) is 0 Å². The smallest absolute Gasteiger partial charge is 0.0465 e. The van der Waals surface area contributed by atoms with Gasteiger partial charge in [-0.1, -0.05) is 36.2 Å². The molecule has 0 spiro atoms. The fraction of sp³-hybridized carbons (Fsp3) is 0.500. The van der Waals surface area contributed by atoms with Crippen LogP contribution in [-0.2, 0) is 6.54 Å². The lowest BCUT2D eigenvalue weighted by molar-refractivity contribution is 0.487. The lowest BCUT2D eigenvalue weighted by Crippen LogP contribution is -2.22. The van der Waals surface area contributed by atoms with Gasteiger partial charge in [-0.2, -0.15) is 0 Å². The summed E-state index contributed by atoms with van der Waals surface area (Å²) in [5.41, 5.74) is 6.56. The SMILES string of the molecule is CC(CCN)CNCc1ccc(Cl)cc1Cl. The molecule has 1 aromatic rings. The molecule has 0 saturated heterocycles. The highest BCUT2D eigenvalue weighted by molar-refractivity contribution is 6.35. The Balaban J connectivity index is 2.37. The first-order valence-electron chi connectivity index (χ1n) is 5.48. The molecule has 3 N–H and O–H groups in total. The molecule has 0 saturated carbocycles. The summed E-state index contributed by atoms with van der Waals surface area (Å²) in [7, 11) is 0. The Morgan fingerprint density at radius 2 is 2.12 bits per heavy atom. The van der Waals surface area contributed by atoms with Crippen molar-refractivity contribution in [3.63, 3.8) is 0 Å². The summed E-state index contributed by atoms with van der Waals surface area (Å²) in [5, 5.41) is 4.75. The minimum absolute atomic E-state index is 0.594. The van der Waals surface area contributed by atoms with Gasteiger partial charge in [-0.25, -0.2) is 0 Å². The fourth-order valence-corrected chi connectivity index (χ4v) is 1.98. The molecular formula is C12H18Cl2N2. The number of nitrogens with two attached hydrogens (primary N) is 1. The Kier molecular flexibility index (Phi) is 6.14. The van der Waals surface area contributed by atoms with Gasteiger partial charge in [-0.15, -0.1) is 0 Å². The maximum Gasteiger partial charge on any atom is 0.0465 e. The summed E-state index contributed by atoms with van der Waals surface area (Å²) < 4.78 is 0. The Hall–Kier alpha value is -0.280. The van der Waals surface area contributed by atoms with E-state index in [1.54, 1.807) is 6.07 Å². The maximum absolute atomic E-state index is 6.06. The molecule has 0 aliphatic carbocycles. The summed E-state index contributed by atoms with van der Waals surface area (Å²) in [6, 6.07) is 5.57. The van der Waals surface area contributed by atoms with Crippen molar-refractivity contribution in [1.29, 1.82) is 0 Å². The molecule has 4 heteroatoms. The van der Waals surface area contributed by atoms with E-state index in [9.17, 15) is 0 Å². The van der Waals surface area contributed by atoms with Crippen LogP contribution in [0.15, 0.2) is 18.2 Å². The molecule has 0 aliphatic rings. The molecule has 16 heavy (non-hydrogen) atoms. The zero-order chi connectivity index (χ0) is 12.0. The standard InChI is InChI=1S/C12H18Cl2N2/c1-9(4-5-15)7-16-8-10-2-3-11(13)6-12(10)14/h2-3,6,9,16H,4-5,7-8,15H2,1H3. The number of rotatable bonds is 6. The Morgan fingerprint density at radius 3 is 2.75 bits per heavy atom. The van der Waals surface area contributed by atoms with Gasteiger partial charge in [-0.05, 0) is 43.1 Å². The molecule has 2 nitrogen and oxygen atoms in total. The number of hydrogen-bond acceptors (Lipinski definition) is 2. The predicted molar refractivity (Wildman–Crippen MR) is 71.0 cm³/mol. The molecule has 0 radical (unpaired) electrons. The van der Waals surface area contributed by atoms with Gasteiger partial charge in [0.15, 0.2) is 0 Å². The average Bonchev–Trinajstić information content (AvgIpc) is 2.22. The second-order valence-corrected chi connectivity index (χ2v) is 4.89. The Bertz CT molecular complexity index is 329. The Morgan fingerprint density at radius 1 is 1.38 bits per heavy atom. The molecule has 90 valence electrons. The third-order valence-corrected chi connectivity index (χ3v) is 3.07. The molecule has 0 heterocycles. The van der Waals surface area contributed by atoms with Crippen molar-refractivity contribution in [2.75, 3.05) is 13.1 Å². The van der Waals surface area contributed by atoms with Gasteiger partial charge in [-0.3, -0.25) is 0 Å². The lowest BCUT2D eigenvalue weighted by Gasteiger charge is -2.12. The van der Waals surface area contributed by atoms with Crippen LogP contribution in [0.25, 0.3) is 0 Å². The first-order chi connectivity index (χ1) is 7.63. The van der Waals surface area contributed by atoms with E-state index >= 15 is 0 Å². The van der Waals surface area contributed by atoms with Gasteiger partial charge in [0.05, 0.1) is 0 Å². The molecule has 0 aromatic heterocycles. The predicted octanol–water partition coefficient (Wildman–Crippen LogP) is 3.07.